The smallest absolute Gasteiger partial charge is 0.0621 e. The second-order valence-electron chi connectivity index (χ2n) is 4.07. The highest BCUT2D eigenvalue weighted by Gasteiger charge is 2.25. The van der Waals surface area contributed by atoms with Crippen LogP contribution in [0, 0.1) is 5.92 Å². The molecule has 0 radical (unpaired) electrons. The summed E-state index contributed by atoms with van der Waals surface area (Å²) in [6.45, 7) is 4.46. The summed E-state index contributed by atoms with van der Waals surface area (Å²) in [6, 6.07) is 0.222. The van der Waals surface area contributed by atoms with Gasteiger partial charge in [-0.1, -0.05) is 0 Å². The van der Waals surface area contributed by atoms with Crippen molar-refractivity contribution in [2.24, 2.45) is 11.7 Å². The molecule has 1 aliphatic rings. The number of nitrogens with two attached hydrogens (primary N) is 1. The summed E-state index contributed by atoms with van der Waals surface area (Å²) in [5.74, 6) is 0.502. The van der Waals surface area contributed by atoms with Crippen molar-refractivity contribution in [3.05, 3.63) is 0 Å². The Morgan fingerprint density at radius 1 is 1.50 bits per heavy atom. The molecule has 0 amide bonds. The van der Waals surface area contributed by atoms with Gasteiger partial charge in [-0.2, -0.15) is 0 Å². The first-order valence-electron chi connectivity index (χ1n) is 5.25. The molecule has 4 heteroatoms. The lowest BCUT2D eigenvalue weighted by Gasteiger charge is -2.22. The maximum Gasteiger partial charge on any atom is 0.0621 e. The summed E-state index contributed by atoms with van der Waals surface area (Å²) in [7, 11) is 3.86. The van der Waals surface area contributed by atoms with E-state index in [4.69, 9.17) is 15.2 Å². The summed E-state index contributed by atoms with van der Waals surface area (Å²) in [4.78, 5) is 2.30. The fourth-order valence-electron chi connectivity index (χ4n) is 1.77. The third-order valence-electron chi connectivity index (χ3n) is 2.68. The van der Waals surface area contributed by atoms with E-state index in [1.807, 2.05) is 0 Å². The fraction of sp³-hybridized carbons (Fsp3) is 1.00. The number of hydrogen-bond acceptors (Lipinski definition) is 4. The second kappa shape index (κ2) is 6.35. The minimum atomic E-state index is 0.222. The Kier molecular flexibility index (Phi) is 5.40. The van der Waals surface area contributed by atoms with Crippen LogP contribution in [0.5, 0.6) is 0 Å². The van der Waals surface area contributed by atoms with E-state index in [1.54, 1.807) is 7.11 Å². The Morgan fingerprint density at radius 2 is 2.29 bits per heavy atom. The topological polar surface area (TPSA) is 47.7 Å². The van der Waals surface area contributed by atoms with Crippen molar-refractivity contribution in [3.8, 4) is 0 Å². The summed E-state index contributed by atoms with van der Waals surface area (Å²) in [5, 5.41) is 0. The average molecular weight is 202 g/mol. The van der Waals surface area contributed by atoms with Crippen molar-refractivity contribution in [2.45, 2.75) is 12.5 Å². The van der Waals surface area contributed by atoms with Crippen molar-refractivity contribution in [3.63, 3.8) is 0 Å². The quantitative estimate of drug-likeness (QED) is 0.612. The number of ether oxygens (including phenoxy) is 2. The first-order valence-corrected chi connectivity index (χ1v) is 5.25. The van der Waals surface area contributed by atoms with Crippen LogP contribution in [-0.4, -0.2) is 58.0 Å². The van der Waals surface area contributed by atoms with Gasteiger partial charge in [-0.15, -0.1) is 0 Å². The third kappa shape index (κ3) is 3.92. The molecule has 0 spiro atoms. The number of hydrogen-bond donors (Lipinski definition) is 1. The molecule has 2 atom stereocenters. The van der Waals surface area contributed by atoms with E-state index >= 15 is 0 Å². The molecule has 1 saturated heterocycles. The minimum Gasteiger partial charge on any atom is -0.385 e. The Bertz CT molecular complexity index is 155. The van der Waals surface area contributed by atoms with Crippen molar-refractivity contribution >= 4 is 0 Å². The molecule has 0 aromatic rings. The van der Waals surface area contributed by atoms with E-state index in [1.165, 1.54) is 0 Å². The third-order valence-corrected chi connectivity index (χ3v) is 2.68. The van der Waals surface area contributed by atoms with Gasteiger partial charge in [0.1, 0.15) is 0 Å². The molecule has 2 unspecified atom stereocenters. The van der Waals surface area contributed by atoms with E-state index in [-0.39, 0.29) is 6.04 Å². The van der Waals surface area contributed by atoms with Gasteiger partial charge in [0, 0.05) is 38.8 Å². The Hall–Kier alpha value is -0.160. The lowest BCUT2D eigenvalue weighted by atomic mass is 10.0. The van der Waals surface area contributed by atoms with Gasteiger partial charge in [-0.3, -0.25) is 0 Å². The summed E-state index contributed by atoms with van der Waals surface area (Å²) in [6.07, 6.45) is 1.08. The fourth-order valence-corrected chi connectivity index (χ4v) is 1.77. The van der Waals surface area contributed by atoms with E-state index < -0.39 is 0 Å². The summed E-state index contributed by atoms with van der Waals surface area (Å²) in [5.41, 5.74) is 5.91. The monoisotopic (exact) mass is 202 g/mol. The molecule has 2 N–H and O–H groups in total. The molecule has 0 aromatic heterocycles. The first kappa shape index (κ1) is 11.9. The highest BCUT2D eigenvalue weighted by Crippen LogP contribution is 2.12. The highest BCUT2D eigenvalue weighted by atomic mass is 16.5. The predicted molar refractivity (Wildman–Crippen MR) is 56.3 cm³/mol. The maximum atomic E-state index is 5.91. The van der Waals surface area contributed by atoms with E-state index in [9.17, 15) is 0 Å². The zero-order chi connectivity index (χ0) is 10.4. The largest absolute Gasteiger partial charge is 0.385 e. The van der Waals surface area contributed by atoms with Crippen molar-refractivity contribution in [2.75, 3.05) is 47.1 Å². The van der Waals surface area contributed by atoms with Crippen LogP contribution in [0.2, 0.25) is 0 Å². The van der Waals surface area contributed by atoms with Crippen molar-refractivity contribution in [1.29, 1.82) is 0 Å². The summed E-state index contributed by atoms with van der Waals surface area (Å²) >= 11 is 0. The zero-order valence-corrected chi connectivity index (χ0v) is 9.24. The minimum absolute atomic E-state index is 0.222. The molecule has 1 rings (SSSR count). The molecule has 84 valence electrons. The molecule has 0 aromatic carbocycles. The van der Waals surface area contributed by atoms with Gasteiger partial charge in [-0.05, 0) is 13.5 Å². The normalized spacial score (nSPS) is 27.4. The summed E-state index contributed by atoms with van der Waals surface area (Å²) < 4.78 is 10.3. The van der Waals surface area contributed by atoms with Crippen LogP contribution in [0.15, 0.2) is 0 Å². The lowest BCUT2D eigenvalue weighted by Crippen LogP contribution is -2.37. The SMILES string of the molecule is COCCCN(C)CC1COCC1N. The van der Waals surface area contributed by atoms with Gasteiger partial charge in [0.05, 0.1) is 13.2 Å². The zero-order valence-electron chi connectivity index (χ0n) is 9.24. The number of rotatable bonds is 6. The number of methoxy groups -OCH3 is 1. The van der Waals surface area contributed by atoms with Crippen LogP contribution in [-0.2, 0) is 9.47 Å². The molecule has 1 heterocycles. The van der Waals surface area contributed by atoms with Crippen LogP contribution < -0.4 is 5.73 Å². The van der Waals surface area contributed by atoms with Crippen LogP contribution in [0.25, 0.3) is 0 Å². The molecule has 1 aliphatic heterocycles. The average Bonchev–Trinajstić information content (AvgIpc) is 2.52. The molecule has 1 fully saturated rings. The van der Waals surface area contributed by atoms with Crippen molar-refractivity contribution in [1.82, 2.24) is 4.90 Å². The first-order chi connectivity index (χ1) is 6.74. The molecule has 4 nitrogen and oxygen atoms in total. The maximum absolute atomic E-state index is 5.91. The Balaban J connectivity index is 2.09. The van der Waals surface area contributed by atoms with Gasteiger partial charge in [0.2, 0.25) is 0 Å². The van der Waals surface area contributed by atoms with E-state index in [0.717, 1.165) is 39.3 Å². The van der Waals surface area contributed by atoms with E-state index in [2.05, 4.69) is 11.9 Å². The van der Waals surface area contributed by atoms with Gasteiger partial charge >= 0.3 is 0 Å². The van der Waals surface area contributed by atoms with Crippen LogP contribution in [0.4, 0.5) is 0 Å². The van der Waals surface area contributed by atoms with E-state index in [0.29, 0.717) is 5.92 Å². The molecule has 14 heavy (non-hydrogen) atoms. The standard InChI is InChI=1S/C10H22N2O2/c1-12(4-3-5-13-2)6-9-7-14-8-10(9)11/h9-10H,3-8,11H2,1-2H3. The molecular formula is C10H22N2O2. The van der Waals surface area contributed by atoms with Crippen LogP contribution in [0.3, 0.4) is 0 Å². The Labute approximate surface area is 86.3 Å². The Morgan fingerprint density at radius 3 is 2.86 bits per heavy atom. The van der Waals surface area contributed by atoms with Crippen LogP contribution in [0.1, 0.15) is 6.42 Å². The molecule has 0 aliphatic carbocycles. The van der Waals surface area contributed by atoms with Gasteiger partial charge in [-0.25, -0.2) is 0 Å². The predicted octanol–water partition coefficient (Wildman–Crippen LogP) is -0.0716. The molecule has 0 bridgehead atoms. The molecular weight excluding hydrogens is 180 g/mol. The molecule has 0 saturated carbocycles. The van der Waals surface area contributed by atoms with Crippen molar-refractivity contribution < 1.29 is 9.47 Å². The lowest BCUT2D eigenvalue weighted by molar-refractivity contribution is 0.160. The van der Waals surface area contributed by atoms with Gasteiger partial charge in [0.25, 0.3) is 0 Å². The van der Waals surface area contributed by atoms with Gasteiger partial charge < -0.3 is 20.1 Å². The number of nitrogens with zero attached hydrogens (tertiary/aromatic N) is 1. The second-order valence-corrected chi connectivity index (χ2v) is 4.07. The van der Waals surface area contributed by atoms with Crippen LogP contribution >= 0.6 is 0 Å². The van der Waals surface area contributed by atoms with Gasteiger partial charge in [0.15, 0.2) is 0 Å². The highest BCUT2D eigenvalue weighted by molar-refractivity contribution is 4.79.